The van der Waals surface area contributed by atoms with Gasteiger partial charge in [-0.3, -0.25) is 5.41 Å². The first kappa shape index (κ1) is 19.2. The summed E-state index contributed by atoms with van der Waals surface area (Å²) in [6.45, 7) is 8.67. The molecule has 5 nitrogen and oxygen atoms in total. The Labute approximate surface area is 146 Å². The minimum atomic E-state index is -0.551. The molecule has 0 aromatic rings. The number of piperidine rings is 1. The van der Waals surface area contributed by atoms with E-state index < -0.39 is 11.1 Å². The molecule has 5 heteroatoms. The highest BCUT2D eigenvalue weighted by Crippen LogP contribution is 2.38. The Morgan fingerprint density at radius 1 is 1.17 bits per heavy atom. The Balaban J connectivity index is 2.35. The molecule has 0 aromatic carbocycles. The van der Waals surface area contributed by atoms with Crippen LogP contribution in [0, 0.1) is 5.41 Å². The summed E-state index contributed by atoms with van der Waals surface area (Å²) in [5, 5.41) is 8.39. The number of nitrogens with zero attached hydrogens (tertiary/aromatic N) is 1. The van der Waals surface area contributed by atoms with Crippen molar-refractivity contribution in [1.82, 2.24) is 0 Å². The van der Waals surface area contributed by atoms with Crippen LogP contribution in [-0.2, 0) is 4.74 Å². The van der Waals surface area contributed by atoms with Crippen molar-refractivity contribution in [2.75, 3.05) is 32.8 Å². The summed E-state index contributed by atoms with van der Waals surface area (Å²) in [7, 11) is 0. The van der Waals surface area contributed by atoms with Gasteiger partial charge in [-0.1, -0.05) is 6.92 Å². The van der Waals surface area contributed by atoms with Gasteiger partial charge in [0, 0.05) is 13.0 Å². The van der Waals surface area contributed by atoms with Gasteiger partial charge in [-0.25, -0.2) is 0 Å². The van der Waals surface area contributed by atoms with Crippen LogP contribution >= 0.6 is 0 Å². The number of rotatable bonds is 8. The summed E-state index contributed by atoms with van der Waals surface area (Å²) < 4.78 is 6.81. The predicted octanol–water partition coefficient (Wildman–Crippen LogP) is 2.32. The quantitative estimate of drug-likeness (QED) is 0.275. The standard InChI is InChI=1S/C19H35N4O/c1-3-16-24-18(2)8-10-19(11-9-18,17(21)22)23(15-7-12-20)13-5-4-6-14-23/h8-11H,3-7,12-16,20H2,1-2H3,(H3,21,22)/q+1. The van der Waals surface area contributed by atoms with E-state index in [1.807, 2.05) is 0 Å². The number of quaternary nitrogens is 1. The maximum atomic E-state index is 8.39. The zero-order valence-corrected chi connectivity index (χ0v) is 15.4. The number of amidine groups is 1. The van der Waals surface area contributed by atoms with Gasteiger partial charge in [0.05, 0.1) is 19.6 Å². The van der Waals surface area contributed by atoms with E-state index in [9.17, 15) is 0 Å². The molecule has 0 atom stereocenters. The lowest BCUT2D eigenvalue weighted by atomic mass is 9.81. The van der Waals surface area contributed by atoms with Crippen LogP contribution in [0.15, 0.2) is 24.3 Å². The second-order valence-electron chi connectivity index (χ2n) is 7.46. The molecule has 0 aromatic heterocycles. The van der Waals surface area contributed by atoms with Crippen LogP contribution in [0.3, 0.4) is 0 Å². The maximum absolute atomic E-state index is 8.39. The first-order valence-corrected chi connectivity index (χ1v) is 9.39. The van der Waals surface area contributed by atoms with Crippen LogP contribution in [0.5, 0.6) is 0 Å². The average Bonchev–Trinajstić information content (AvgIpc) is 2.59. The summed E-state index contributed by atoms with van der Waals surface area (Å²) in [6.07, 6.45) is 14.0. The van der Waals surface area contributed by atoms with Crippen molar-refractivity contribution in [2.24, 2.45) is 11.5 Å². The highest BCUT2D eigenvalue weighted by molar-refractivity contribution is 5.91. The molecule has 2 aliphatic rings. The van der Waals surface area contributed by atoms with Gasteiger partial charge in [0.1, 0.15) is 5.60 Å². The van der Waals surface area contributed by atoms with Crippen LogP contribution in [-0.4, -0.2) is 54.2 Å². The van der Waals surface area contributed by atoms with E-state index in [0.717, 1.165) is 43.6 Å². The third-order valence-corrected chi connectivity index (χ3v) is 5.63. The Morgan fingerprint density at radius 3 is 2.29 bits per heavy atom. The van der Waals surface area contributed by atoms with E-state index in [1.165, 1.54) is 19.3 Å². The van der Waals surface area contributed by atoms with Gasteiger partial charge in [0.15, 0.2) is 11.4 Å². The Morgan fingerprint density at radius 2 is 1.79 bits per heavy atom. The van der Waals surface area contributed by atoms with Crippen molar-refractivity contribution in [2.45, 2.75) is 57.1 Å². The van der Waals surface area contributed by atoms with E-state index in [0.29, 0.717) is 6.54 Å². The van der Waals surface area contributed by atoms with Gasteiger partial charge in [-0.2, -0.15) is 0 Å². The Bertz CT molecular complexity index is 478. The van der Waals surface area contributed by atoms with Crippen LogP contribution in [0.2, 0.25) is 0 Å². The molecule has 1 fully saturated rings. The second-order valence-corrected chi connectivity index (χ2v) is 7.46. The number of likely N-dealkylation sites (tertiary alicyclic amines) is 1. The lowest BCUT2D eigenvalue weighted by Crippen LogP contribution is -2.70. The largest absolute Gasteiger partial charge is 0.382 e. The van der Waals surface area contributed by atoms with Gasteiger partial charge < -0.3 is 20.7 Å². The number of hydrogen-bond donors (Lipinski definition) is 3. The maximum Gasteiger partial charge on any atom is 0.194 e. The summed E-state index contributed by atoms with van der Waals surface area (Å²) in [5.74, 6) is 0.228. The molecular weight excluding hydrogens is 300 g/mol. The monoisotopic (exact) mass is 335 g/mol. The van der Waals surface area contributed by atoms with Crippen molar-refractivity contribution < 1.29 is 9.22 Å². The molecule has 1 saturated heterocycles. The molecule has 0 bridgehead atoms. The number of ether oxygens (including phenoxy) is 1. The SMILES string of the molecule is CCCOC1(C)C=CC(C(=N)N)([N+]2(CCCN)CCCCC2)C=C1. The lowest BCUT2D eigenvalue weighted by molar-refractivity contribution is -0.956. The molecule has 1 heterocycles. The third kappa shape index (κ3) is 3.58. The van der Waals surface area contributed by atoms with E-state index in [-0.39, 0.29) is 5.84 Å². The molecule has 0 amide bonds. The molecular formula is C19H35N4O+. The molecule has 0 spiro atoms. The van der Waals surface area contributed by atoms with Crippen molar-refractivity contribution >= 4 is 5.84 Å². The molecule has 2 rings (SSSR count). The van der Waals surface area contributed by atoms with Crippen molar-refractivity contribution in [3.63, 3.8) is 0 Å². The zero-order chi connectivity index (χ0) is 17.7. The number of nitrogens with one attached hydrogen (secondary N) is 1. The molecule has 136 valence electrons. The van der Waals surface area contributed by atoms with Crippen LogP contribution < -0.4 is 11.5 Å². The normalized spacial score (nSPS) is 32.0. The van der Waals surface area contributed by atoms with Crippen LogP contribution in [0.1, 0.15) is 46.0 Å². The fourth-order valence-corrected chi connectivity index (χ4v) is 4.16. The van der Waals surface area contributed by atoms with Gasteiger partial charge in [-0.15, -0.1) is 0 Å². The lowest BCUT2D eigenvalue weighted by Gasteiger charge is -2.53. The van der Waals surface area contributed by atoms with Crippen molar-refractivity contribution in [1.29, 1.82) is 5.41 Å². The van der Waals surface area contributed by atoms with Gasteiger partial charge >= 0.3 is 0 Å². The summed E-state index contributed by atoms with van der Waals surface area (Å²) in [6, 6.07) is 0. The molecule has 1 aliphatic carbocycles. The van der Waals surface area contributed by atoms with E-state index >= 15 is 0 Å². The molecule has 5 N–H and O–H groups in total. The fourth-order valence-electron chi connectivity index (χ4n) is 4.16. The Kier molecular flexibility index (Phi) is 6.23. The third-order valence-electron chi connectivity index (χ3n) is 5.63. The molecule has 0 radical (unpaired) electrons. The second kappa shape index (κ2) is 7.81. The van der Waals surface area contributed by atoms with Crippen LogP contribution in [0.25, 0.3) is 0 Å². The molecule has 0 unspecified atom stereocenters. The fraction of sp³-hybridized carbons (Fsp3) is 0.737. The average molecular weight is 336 g/mol. The topological polar surface area (TPSA) is 85.1 Å². The van der Waals surface area contributed by atoms with Gasteiger partial charge in [0.25, 0.3) is 0 Å². The number of hydrogen-bond acceptors (Lipinski definition) is 3. The first-order valence-electron chi connectivity index (χ1n) is 9.39. The highest BCUT2D eigenvalue weighted by Gasteiger charge is 2.52. The molecule has 24 heavy (non-hydrogen) atoms. The molecule has 0 saturated carbocycles. The number of nitrogens with two attached hydrogens (primary N) is 2. The minimum Gasteiger partial charge on any atom is -0.382 e. The molecule has 1 aliphatic heterocycles. The van der Waals surface area contributed by atoms with Crippen molar-refractivity contribution in [3.05, 3.63) is 24.3 Å². The minimum absolute atomic E-state index is 0.228. The Hall–Kier alpha value is -1.17. The summed E-state index contributed by atoms with van der Waals surface area (Å²) >= 11 is 0. The predicted molar refractivity (Wildman–Crippen MR) is 100.0 cm³/mol. The highest BCUT2D eigenvalue weighted by atomic mass is 16.5. The first-order chi connectivity index (χ1) is 11.4. The van der Waals surface area contributed by atoms with E-state index in [2.05, 4.69) is 38.2 Å². The van der Waals surface area contributed by atoms with Gasteiger partial charge in [-0.05, 0) is 63.5 Å². The smallest absolute Gasteiger partial charge is 0.194 e. The van der Waals surface area contributed by atoms with Crippen molar-refractivity contribution in [3.8, 4) is 0 Å². The van der Waals surface area contributed by atoms with E-state index in [4.69, 9.17) is 21.6 Å². The zero-order valence-electron chi connectivity index (χ0n) is 15.4. The van der Waals surface area contributed by atoms with E-state index in [1.54, 1.807) is 0 Å². The summed E-state index contributed by atoms with van der Waals surface area (Å²) in [4.78, 5) is 0. The summed E-state index contributed by atoms with van der Waals surface area (Å²) in [5.41, 5.74) is 11.0. The van der Waals surface area contributed by atoms with Crippen LogP contribution in [0.4, 0.5) is 0 Å². The van der Waals surface area contributed by atoms with Gasteiger partial charge in [0.2, 0.25) is 0 Å².